The van der Waals surface area contributed by atoms with E-state index in [-0.39, 0.29) is 35.2 Å². The van der Waals surface area contributed by atoms with Crippen LogP contribution in [-0.4, -0.2) is 29.2 Å². The van der Waals surface area contributed by atoms with Gasteiger partial charge in [-0.15, -0.1) is 0 Å². The number of ether oxygens (including phenoxy) is 1. The molecule has 0 spiro atoms. The zero-order chi connectivity index (χ0) is 28.1. The topological polar surface area (TPSA) is 80.7 Å². The van der Waals surface area contributed by atoms with E-state index in [2.05, 4.69) is 32.9 Å². The third kappa shape index (κ3) is 6.73. The number of aliphatic carboxylic acids is 1. The Hall–Kier alpha value is -2.95. The molecule has 1 N–H and O–H groups in total. The number of carbonyl (C=O) groups is 3. The summed E-state index contributed by atoms with van der Waals surface area (Å²) in [6, 6.07) is 14.1. The van der Waals surface area contributed by atoms with Gasteiger partial charge in [0.15, 0.2) is 5.78 Å². The minimum Gasteiger partial charge on any atom is -0.493 e. The van der Waals surface area contributed by atoms with Gasteiger partial charge in [-0.1, -0.05) is 63.6 Å². The molecule has 5 nitrogen and oxygen atoms in total. The summed E-state index contributed by atoms with van der Waals surface area (Å²) in [6.07, 6.45) is 4.61. The number of hydrogen-bond acceptors (Lipinski definition) is 4. The summed E-state index contributed by atoms with van der Waals surface area (Å²) in [7, 11) is 0. The third-order valence-corrected chi connectivity index (χ3v) is 8.30. The Kier molecular flexibility index (Phi) is 9.56. The summed E-state index contributed by atoms with van der Waals surface area (Å²) in [5, 5.41) is 10.1. The highest BCUT2D eigenvalue weighted by Gasteiger charge is 2.55. The second kappa shape index (κ2) is 12.3. The largest absolute Gasteiger partial charge is 0.493 e. The molecule has 206 valence electrons. The maximum atomic E-state index is 13.9. The van der Waals surface area contributed by atoms with Crippen LogP contribution in [-0.2, 0) is 16.0 Å². The second-order valence-corrected chi connectivity index (χ2v) is 12.0. The Bertz CT molecular complexity index is 1140. The minimum atomic E-state index is -0.966. The first-order valence-electron chi connectivity index (χ1n) is 14.0. The average Bonchev–Trinajstić information content (AvgIpc) is 2.84. The van der Waals surface area contributed by atoms with Crippen LogP contribution >= 0.6 is 0 Å². The first-order valence-corrected chi connectivity index (χ1v) is 14.0. The van der Waals surface area contributed by atoms with E-state index in [1.807, 2.05) is 38.1 Å². The van der Waals surface area contributed by atoms with Crippen LogP contribution < -0.4 is 4.74 Å². The van der Waals surface area contributed by atoms with Crippen LogP contribution in [0.5, 0.6) is 5.75 Å². The Morgan fingerprint density at radius 1 is 1.03 bits per heavy atom. The first kappa shape index (κ1) is 29.6. The fourth-order valence-corrected chi connectivity index (χ4v) is 6.65. The summed E-state index contributed by atoms with van der Waals surface area (Å²) in [5.41, 5.74) is 2.67. The molecule has 0 aliphatic heterocycles. The summed E-state index contributed by atoms with van der Waals surface area (Å²) < 4.78 is 5.89. The quantitative estimate of drug-likeness (QED) is 0.205. The molecule has 1 aliphatic carbocycles. The first-order chi connectivity index (χ1) is 17.9. The molecular weight excluding hydrogens is 476 g/mol. The highest BCUT2D eigenvalue weighted by Crippen LogP contribution is 2.57. The molecule has 2 aromatic carbocycles. The maximum absolute atomic E-state index is 13.9. The number of carboxylic acids is 1. The number of aryl methyl sites for hydroxylation is 1. The van der Waals surface area contributed by atoms with Crippen molar-refractivity contribution in [1.82, 2.24) is 0 Å². The van der Waals surface area contributed by atoms with Gasteiger partial charge in [-0.25, -0.2) is 0 Å². The molecule has 0 radical (unpaired) electrons. The van der Waals surface area contributed by atoms with E-state index < -0.39 is 11.4 Å². The van der Waals surface area contributed by atoms with E-state index in [1.165, 1.54) is 12.5 Å². The summed E-state index contributed by atoms with van der Waals surface area (Å²) in [4.78, 5) is 38.4. The van der Waals surface area contributed by atoms with Gasteiger partial charge in [0.2, 0.25) is 0 Å². The number of carbonyl (C=O) groups excluding carboxylic acids is 2. The zero-order valence-electron chi connectivity index (χ0n) is 23.9. The number of hydrogen-bond donors (Lipinski definition) is 1. The second-order valence-electron chi connectivity index (χ2n) is 12.0. The SMILES string of the molecule is CCOc1c(C(C)=O)ccc([C@@H](C)C(CCCCc2ccccc2)C(=O)CC2(C(=O)O)CC(C)(C)C2)c1C. The van der Waals surface area contributed by atoms with Crippen LogP contribution in [0.25, 0.3) is 0 Å². The van der Waals surface area contributed by atoms with Gasteiger partial charge in [0.05, 0.1) is 17.6 Å². The summed E-state index contributed by atoms with van der Waals surface area (Å²) in [6.45, 7) is 12.0. The van der Waals surface area contributed by atoms with E-state index in [0.29, 0.717) is 37.2 Å². The highest BCUT2D eigenvalue weighted by atomic mass is 16.5. The number of benzene rings is 2. The van der Waals surface area contributed by atoms with Gasteiger partial charge in [-0.3, -0.25) is 14.4 Å². The Balaban J connectivity index is 1.87. The van der Waals surface area contributed by atoms with Gasteiger partial charge in [0, 0.05) is 12.3 Å². The average molecular weight is 521 g/mol. The molecule has 0 amide bonds. The minimum absolute atomic E-state index is 0.0307. The van der Waals surface area contributed by atoms with Crippen LogP contribution in [0.15, 0.2) is 42.5 Å². The molecule has 0 bridgehead atoms. The van der Waals surface area contributed by atoms with Gasteiger partial charge in [0.1, 0.15) is 11.5 Å². The smallest absolute Gasteiger partial charge is 0.310 e. The van der Waals surface area contributed by atoms with Gasteiger partial charge in [0.25, 0.3) is 0 Å². The van der Waals surface area contributed by atoms with E-state index in [4.69, 9.17) is 4.74 Å². The molecule has 0 saturated heterocycles. The molecular formula is C33H44O5. The molecule has 0 aromatic heterocycles. The van der Waals surface area contributed by atoms with Crippen LogP contribution in [0.1, 0.15) is 106 Å². The van der Waals surface area contributed by atoms with E-state index in [9.17, 15) is 19.5 Å². The van der Waals surface area contributed by atoms with E-state index >= 15 is 0 Å². The number of unbranched alkanes of at least 4 members (excludes halogenated alkanes) is 1. The molecule has 38 heavy (non-hydrogen) atoms. The van der Waals surface area contributed by atoms with Crippen molar-refractivity contribution >= 4 is 17.5 Å². The normalized spacial score (nSPS) is 17.2. The Morgan fingerprint density at radius 3 is 2.24 bits per heavy atom. The van der Waals surface area contributed by atoms with Crippen LogP contribution in [0.4, 0.5) is 0 Å². The molecule has 1 fully saturated rings. The molecule has 1 aliphatic rings. The van der Waals surface area contributed by atoms with Crippen LogP contribution in [0.2, 0.25) is 0 Å². The fraction of sp³-hybridized carbons (Fsp3) is 0.545. The molecule has 5 heteroatoms. The Labute approximate surface area is 228 Å². The van der Waals surface area contributed by atoms with Crippen molar-refractivity contribution in [2.45, 2.75) is 92.4 Å². The molecule has 3 rings (SSSR count). The van der Waals surface area contributed by atoms with Crippen LogP contribution in [0.3, 0.4) is 0 Å². The predicted molar refractivity (Wildman–Crippen MR) is 151 cm³/mol. The lowest BCUT2D eigenvalue weighted by molar-refractivity contribution is -0.167. The van der Waals surface area contributed by atoms with Crippen molar-refractivity contribution in [3.63, 3.8) is 0 Å². The van der Waals surface area contributed by atoms with Gasteiger partial charge in [-0.05, 0) is 87.0 Å². The standard InChI is InChI=1S/C33H44O5/c1-7-38-30-23(3)26(17-18-28(30)24(4)34)22(2)27(16-12-11-15-25-13-9-8-10-14-25)29(35)19-33(31(36)37)20-32(5,6)21-33/h8-10,13-14,17-18,22,27H,7,11-12,15-16,19-21H2,1-6H3,(H,36,37)/t22-,27?/m1/s1. The van der Waals surface area contributed by atoms with Gasteiger partial charge >= 0.3 is 5.97 Å². The zero-order valence-corrected chi connectivity index (χ0v) is 23.9. The van der Waals surface area contributed by atoms with Crippen molar-refractivity contribution in [2.75, 3.05) is 6.61 Å². The van der Waals surface area contributed by atoms with Crippen molar-refractivity contribution in [3.8, 4) is 5.75 Å². The van der Waals surface area contributed by atoms with Crippen molar-refractivity contribution < 1.29 is 24.2 Å². The molecule has 1 unspecified atom stereocenters. The molecule has 0 heterocycles. The molecule has 1 saturated carbocycles. The number of ketones is 2. The lowest BCUT2D eigenvalue weighted by Gasteiger charge is -2.50. The monoisotopic (exact) mass is 520 g/mol. The molecule has 2 aromatic rings. The predicted octanol–water partition coefficient (Wildman–Crippen LogP) is 7.58. The Morgan fingerprint density at radius 2 is 1.68 bits per heavy atom. The van der Waals surface area contributed by atoms with E-state index in [0.717, 1.165) is 30.4 Å². The van der Waals surface area contributed by atoms with Crippen molar-refractivity contribution in [2.24, 2.45) is 16.7 Å². The van der Waals surface area contributed by atoms with Gasteiger partial charge < -0.3 is 9.84 Å². The van der Waals surface area contributed by atoms with Crippen molar-refractivity contribution in [1.29, 1.82) is 0 Å². The highest BCUT2D eigenvalue weighted by molar-refractivity contribution is 5.97. The summed E-state index contributed by atoms with van der Waals surface area (Å²) in [5.74, 6) is -0.729. The third-order valence-electron chi connectivity index (χ3n) is 8.30. The van der Waals surface area contributed by atoms with E-state index in [1.54, 1.807) is 6.07 Å². The fourth-order valence-electron chi connectivity index (χ4n) is 6.65. The number of rotatable bonds is 14. The van der Waals surface area contributed by atoms with Crippen molar-refractivity contribution in [3.05, 3.63) is 64.7 Å². The lowest BCUT2D eigenvalue weighted by Crippen LogP contribution is -2.50. The van der Waals surface area contributed by atoms with Gasteiger partial charge in [-0.2, -0.15) is 0 Å². The molecule has 2 atom stereocenters. The van der Waals surface area contributed by atoms with Crippen LogP contribution in [0, 0.1) is 23.7 Å². The number of Topliss-reactive ketones (excluding diaryl/α,β-unsaturated/α-hetero) is 2. The number of carboxylic acid groups (broad SMARTS) is 1. The lowest BCUT2D eigenvalue weighted by atomic mass is 9.52. The summed E-state index contributed by atoms with van der Waals surface area (Å²) >= 11 is 0. The maximum Gasteiger partial charge on any atom is 0.310 e.